The Bertz CT molecular complexity index is 657. The second-order valence-corrected chi connectivity index (χ2v) is 5.03. The van der Waals surface area contributed by atoms with Crippen LogP contribution in [0.25, 0.3) is 6.08 Å². The van der Waals surface area contributed by atoms with Gasteiger partial charge in [0.1, 0.15) is 6.61 Å². The average molecular weight is 317 g/mol. The van der Waals surface area contributed by atoms with Gasteiger partial charge in [0.2, 0.25) is 0 Å². The van der Waals surface area contributed by atoms with Gasteiger partial charge in [0.15, 0.2) is 0 Å². The highest BCUT2D eigenvalue weighted by atomic mass is 35.5. The standard InChI is InChI=1S/C17H17ClN2O2/c18-16-9-8-15(19)11-14(16)7-4-10-20-17(21)22-12-13-5-2-1-3-6-13/h1-9,11H,10,12,19H2,(H,20,21). The van der Waals surface area contributed by atoms with Gasteiger partial charge in [0.05, 0.1) is 0 Å². The zero-order chi connectivity index (χ0) is 15.8. The molecule has 114 valence electrons. The van der Waals surface area contributed by atoms with E-state index in [1.54, 1.807) is 30.4 Å². The van der Waals surface area contributed by atoms with Crippen LogP contribution >= 0.6 is 11.6 Å². The lowest BCUT2D eigenvalue weighted by molar-refractivity contribution is 0.141. The maximum Gasteiger partial charge on any atom is 0.407 e. The SMILES string of the molecule is Nc1ccc(Cl)c(C=CCNC(=O)OCc2ccccc2)c1. The number of nitrogens with two attached hydrogens (primary N) is 1. The lowest BCUT2D eigenvalue weighted by atomic mass is 10.2. The minimum atomic E-state index is -0.466. The molecule has 0 fully saturated rings. The van der Waals surface area contributed by atoms with E-state index in [4.69, 9.17) is 22.1 Å². The molecule has 3 N–H and O–H groups in total. The quantitative estimate of drug-likeness (QED) is 0.823. The fourth-order valence-electron chi connectivity index (χ4n) is 1.79. The van der Waals surface area contributed by atoms with Gasteiger partial charge >= 0.3 is 6.09 Å². The van der Waals surface area contributed by atoms with Gasteiger partial charge < -0.3 is 15.8 Å². The van der Waals surface area contributed by atoms with Crippen molar-refractivity contribution in [3.63, 3.8) is 0 Å². The molecule has 0 aliphatic carbocycles. The number of nitrogen functional groups attached to an aromatic ring is 1. The molecule has 0 unspecified atom stereocenters. The lowest BCUT2D eigenvalue weighted by Crippen LogP contribution is -2.24. The van der Waals surface area contributed by atoms with Crippen molar-refractivity contribution in [3.05, 3.63) is 70.8 Å². The predicted molar refractivity (Wildman–Crippen MR) is 89.5 cm³/mol. The molecule has 2 aromatic rings. The first-order valence-corrected chi connectivity index (χ1v) is 7.19. The Morgan fingerprint density at radius 1 is 1.23 bits per heavy atom. The summed E-state index contributed by atoms with van der Waals surface area (Å²) in [5.74, 6) is 0. The van der Waals surface area contributed by atoms with Crippen LogP contribution in [0, 0.1) is 0 Å². The molecule has 2 rings (SSSR count). The number of hydrogen-bond acceptors (Lipinski definition) is 3. The fourth-order valence-corrected chi connectivity index (χ4v) is 1.97. The lowest BCUT2D eigenvalue weighted by Gasteiger charge is -2.05. The molecule has 0 aliphatic rings. The molecule has 0 saturated heterocycles. The Hall–Kier alpha value is -2.46. The van der Waals surface area contributed by atoms with E-state index in [1.165, 1.54) is 0 Å². The first-order valence-electron chi connectivity index (χ1n) is 6.81. The van der Waals surface area contributed by atoms with Crippen molar-refractivity contribution in [1.82, 2.24) is 5.32 Å². The molecule has 0 spiro atoms. The first kappa shape index (κ1) is 15.9. The zero-order valence-corrected chi connectivity index (χ0v) is 12.7. The van der Waals surface area contributed by atoms with Gasteiger partial charge in [-0.05, 0) is 29.3 Å². The van der Waals surface area contributed by atoms with Crippen molar-refractivity contribution in [2.45, 2.75) is 6.61 Å². The molecule has 2 aromatic carbocycles. The third-order valence-corrected chi connectivity index (χ3v) is 3.24. The fraction of sp³-hybridized carbons (Fsp3) is 0.118. The van der Waals surface area contributed by atoms with Crippen molar-refractivity contribution in [2.24, 2.45) is 0 Å². The molecule has 5 heteroatoms. The molecule has 0 aromatic heterocycles. The van der Waals surface area contributed by atoms with Crippen LogP contribution in [-0.2, 0) is 11.3 Å². The Balaban J connectivity index is 1.75. The highest BCUT2D eigenvalue weighted by Crippen LogP contribution is 2.19. The number of carbonyl (C=O) groups excluding carboxylic acids is 1. The van der Waals surface area contributed by atoms with Crippen molar-refractivity contribution in [1.29, 1.82) is 0 Å². The summed E-state index contributed by atoms with van der Waals surface area (Å²) in [6, 6.07) is 14.7. The molecular formula is C17H17ClN2O2. The van der Waals surface area contributed by atoms with Crippen LogP contribution in [0.4, 0.5) is 10.5 Å². The molecule has 0 aliphatic heterocycles. The van der Waals surface area contributed by atoms with E-state index in [2.05, 4.69) is 5.32 Å². The maximum atomic E-state index is 11.5. The predicted octanol–water partition coefficient (Wildman–Crippen LogP) is 3.86. The van der Waals surface area contributed by atoms with E-state index in [-0.39, 0.29) is 6.61 Å². The minimum Gasteiger partial charge on any atom is -0.445 e. The number of amides is 1. The molecule has 0 bridgehead atoms. The van der Waals surface area contributed by atoms with Gasteiger partial charge in [-0.2, -0.15) is 0 Å². The van der Waals surface area contributed by atoms with E-state index in [0.717, 1.165) is 11.1 Å². The number of benzene rings is 2. The van der Waals surface area contributed by atoms with Gasteiger partial charge in [-0.25, -0.2) is 4.79 Å². The van der Waals surface area contributed by atoms with Crippen LogP contribution in [0.15, 0.2) is 54.6 Å². The number of halogens is 1. The third-order valence-electron chi connectivity index (χ3n) is 2.89. The minimum absolute atomic E-state index is 0.247. The molecule has 0 atom stereocenters. The third kappa shape index (κ3) is 5.14. The molecule has 0 heterocycles. The van der Waals surface area contributed by atoms with E-state index < -0.39 is 6.09 Å². The summed E-state index contributed by atoms with van der Waals surface area (Å²) in [4.78, 5) is 11.5. The molecule has 4 nitrogen and oxygen atoms in total. The van der Waals surface area contributed by atoms with Crippen LogP contribution in [0.2, 0.25) is 5.02 Å². The summed E-state index contributed by atoms with van der Waals surface area (Å²) in [5.41, 5.74) is 8.08. The monoisotopic (exact) mass is 316 g/mol. The molecule has 0 saturated carbocycles. The van der Waals surface area contributed by atoms with Crippen molar-refractivity contribution < 1.29 is 9.53 Å². The van der Waals surface area contributed by atoms with E-state index >= 15 is 0 Å². The number of anilines is 1. The summed E-state index contributed by atoms with van der Waals surface area (Å²) in [7, 11) is 0. The topological polar surface area (TPSA) is 64.3 Å². The maximum absolute atomic E-state index is 11.5. The molecule has 0 radical (unpaired) electrons. The highest BCUT2D eigenvalue weighted by Gasteiger charge is 2.00. The Morgan fingerprint density at radius 3 is 2.77 bits per heavy atom. The zero-order valence-electron chi connectivity index (χ0n) is 12.0. The van der Waals surface area contributed by atoms with Crippen molar-refractivity contribution >= 4 is 29.5 Å². The van der Waals surface area contributed by atoms with Crippen molar-refractivity contribution in [3.8, 4) is 0 Å². The smallest absolute Gasteiger partial charge is 0.407 e. The summed E-state index contributed by atoms with van der Waals surface area (Å²) in [6.45, 7) is 0.593. The summed E-state index contributed by atoms with van der Waals surface area (Å²) < 4.78 is 5.09. The average Bonchev–Trinajstić information content (AvgIpc) is 2.53. The van der Waals surface area contributed by atoms with Gasteiger partial charge in [0, 0.05) is 17.3 Å². The second-order valence-electron chi connectivity index (χ2n) is 4.63. The number of rotatable bonds is 5. The van der Waals surface area contributed by atoms with E-state index in [9.17, 15) is 4.79 Å². The van der Waals surface area contributed by atoms with E-state index in [0.29, 0.717) is 17.3 Å². The van der Waals surface area contributed by atoms with Crippen molar-refractivity contribution in [2.75, 3.05) is 12.3 Å². The Kier molecular flexibility index (Phi) is 5.86. The number of alkyl carbamates (subject to hydrolysis) is 1. The largest absolute Gasteiger partial charge is 0.445 e. The van der Waals surface area contributed by atoms with Gasteiger partial charge in [-0.1, -0.05) is 54.1 Å². The second kappa shape index (κ2) is 8.10. The molecule has 1 amide bonds. The normalized spacial score (nSPS) is 10.6. The Morgan fingerprint density at radius 2 is 2.00 bits per heavy atom. The number of nitrogens with one attached hydrogen (secondary N) is 1. The summed E-state index contributed by atoms with van der Waals surface area (Å²) >= 11 is 6.04. The van der Waals surface area contributed by atoms with Gasteiger partial charge in [-0.15, -0.1) is 0 Å². The first-order chi connectivity index (χ1) is 10.6. The van der Waals surface area contributed by atoms with E-state index in [1.807, 2.05) is 30.3 Å². The van der Waals surface area contributed by atoms with Crippen LogP contribution < -0.4 is 11.1 Å². The number of carbonyl (C=O) groups is 1. The van der Waals surface area contributed by atoms with Crippen LogP contribution in [0.5, 0.6) is 0 Å². The molecular weight excluding hydrogens is 300 g/mol. The van der Waals surface area contributed by atoms with Gasteiger partial charge in [0.25, 0.3) is 0 Å². The highest BCUT2D eigenvalue weighted by molar-refractivity contribution is 6.32. The van der Waals surface area contributed by atoms with Crippen LogP contribution in [-0.4, -0.2) is 12.6 Å². The molecule has 22 heavy (non-hydrogen) atoms. The van der Waals surface area contributed by atoms with Crippen LogP contribution in [0.1, 0.15) is 11.1 Å². The van der Waals surface area contributed by atoms with Gasteiger partial charge in [-0.3, -0.25) is 0 Å². The number of ether oxygens (including phenoxy) is 1. The summed E-state index contributed by atoms with van der Waals surface area (Å²) in [5, 5.41) is 3.24. The van der Waals surface area contributed by atoms with Crippen LogP contribution in [0.3, 0.4) is 0 Å². The number of hydrogen-bond donors (Lipinski definition) is 2. The summed E-state index contributed by atoms with van der Waals surface area (Å²) in [6.07, 6.45) is 3.12. The Labute approximate surface area is 134 Å².